The van der Waals surface area contributed by atoms with Crippen LogP contribution in [0.25, 0.3) is 0 Å². The van der Waals surface area contributed by atoms with E-state index in [9.17, 15) is 4.79 Å². The molecule has 0 spiro atoms. The van der Waals surface area contributed by atoms with Crippen molar-refractivity contribution in [1.82, 2.24) is 15.5 Å². The van der Waals surface area contributed by atoms with E-state index in [1.807, 2.05) is 31.2 Å². The zero-order valence-electron chi connectivity index (χ0n) is 13.4. The molecule has 1 saturated heterocycles. The molecule has 0 radical (unpaired) electrons. The number of rotatable bonds is 5. The minimum Gasteiger partial charge on any atom is -0.334 e. The molecule has 2 unspecified atom stereocenters. The van der Waals surface area contributed by atoms with Gasteiger partial charge in [-0.1, -0.05) is 34.5 Å². The Balaban J connectivity index is 1.75. The number of carbonyl (C=O) groups excluding carboxylic acids is 1. The van der Waals surface area contributed by atoms with E-state index in [0.717, 1.165) is 29.7 Å². The van der Waals surface area contributed by atoms with Crippen molar-refractivity contribution in [3.05, 3.63) is 34.3 Å². The molecule has 22 heavy (non-hydrogen) atoms. The standard InChI is InChI=1S/C17H26BrN3O/c1-13(12-21-10-4-3-5-11-21)19-17(22)20-14(2)15-6-8-16(18)9-7-15/h6-9,13-14H,3-5,10-12H2,1-2H3,(H2,19,20,22). The van der Waals surface area contributed by atoms with E-state index in [1.165, 1.54) is 19.3 Å². The Bertz CT molecular complexity index is 471. The number of nitrogens with zero attached hydrogens (tertiary/aromatic N) is 1. The van der Waals surface area contributed by atoms with Gasteiger partial charge in [0.25, 0.3) is 0 Å². The molecule has 0 aliphatic carbocycles. The molecule has 1 fully saturated rings. The molecule has 0 bridgehead atoms. The molecule has 1 aliphatic heterocycles. The zero-order valence-corrected chi connectivity index (χ0v) is 15.0. The zero-order chi connectivity index (χ0) is 15.9. The predicted molar refractivity (Wildman–Crippen MR) is 94.0 cm³/mol. The van der Waals surface area contributed by atoms with Gasteiger partial charge in [0, 0.05) is 17.1 Å². The van der Waals surface area contributed by atoms with Crippen molar-refractivity contribution < 1.29 is 4.79 Å². The van der Waals surface area contributed by atoms with Crippen molar-refractivity contribution in [2.45, 2.75) is 45.2 Å². The van der Waals surface area contributed by atoms with Gasteiger partial charge in [0.15, 0.2) is 0 Å². The molecule has 0 saturated carbocycles. The molecule has 4 nitrogen and oxygen atoms in total. The molecule has 1 aromatic rings. The van der Waals surface area contributed by atoms with E-state index < -0.39 is 0 Å². The first-order chi connectivity index (χ1) is 10.5. The van der Waals surface area contributed by atoms with Crippen molar-refractivity contribution in [2.75, 3.05) is 19.6 Å². The average Bonchev–Trinajstić information content (AvgIpc) is 2.48. The highest BCUT2D eigenvalue weighted by atomic mass is 79.9. The Morgan fingerprint density at radius 3 is 2.41 bits per heavy atom. The summed E-state index contributed by atoms with van der Waals surface area (Å²) < 4.78 is 1.04. The van der Waals surface area contributed by atoms with Crippen LogP contribution in [-0.2, 0) is 0 Å². The normalized spacial score (nSPS) is 18.5. The Labute approximate surface area is 141 Å². The number of carbonyl (C=O) groups is 1. The number of benzene rings is 1. The third-order valence-corrected chi connectivity index (χ3v) is 4.60. The summed E-state index contributed by atoms with van der Waals surface area (Å²) in [5.41, 5.74) is 1.10. The lowest BCUT2D eigenvalue weighted by Crippen LogP contribution is -2.47. The number of halogens is 1. The fraction of sp³-hybridized carbons (Fsp3) is 0.588. The van der Waals surface area contributed by atoms with E-state index in [2.05, 4.69) is 38.4 Å². The quantitative estimate of drug-likeness (QED) is 0.833. The molecule has 2 rings (SSSR count). The third kappa shape index (κ3) is 5.61. The molecule has 5 heteroatoms. The van der Waals surface area contributed by atoms with Gasteiger partial charge in [-0.3, -0.25) is 0 Å². The summed E-state index contributed by atoms with van der Waals surface area (Å²) in [6, 6.07) is 8.08. The van der Waals surface area contributed by atoms with Gasteiger partial charge in [-0.25, -0.2) is 4.79 Å². The first-order valence-electron chi connectivity index (χ1n) is 8.09. The van der Waals surface area contributed by atoms with E-state index >= 15 is 0 Å². The van der Waals surface area contributed by atoms with Gasteiger partial charge >= 0.3 is 6.03 Å². The van der Waals surface area contributed by atoms with E-state index in [-0.39, 0.29) is 18.1 Å². The van der Waals surface area contributed by atoms with E-state index in [1.54, 1.807) is 0 Å². The Morgan fingerprint density at radius 2 is 1.77 bits per heavy atom. The second-order valence-electron chi connectivity index (χ2n) is 6.15. The maximum atomic E-state index is 12.1. The Kier molecular flexibility index (Phi) is 6.70. The fourth-order valence-electron chi connectivity index (χ4n) is 2.87. The van der Waals surface area contributed by atoms with Gasteiger partial charge in [-0.05, 0) is 57.5 Å². The summed E-state index contributed by atoms with van der Waals surface area (Å²) in [6.45, 7) is 7.31. The molecule has 1 heterocycles. The first kappa shape index (κ1) is 17.3. The summed E-state index contributed by atoms with van der Waals surface area (Å²) in [5.74, 6) is 0. The van der Waals surface area contributed by atoms with Crippen LogP contribution in [0.4, 0.5) is 4.79 Å². The highest BCUT2D eigenvalue weighted by molar-refractivity contribution is 9.10. The highest BCUT2D eigenvalue weighted by Crippen LogP contribution is 2.16. The van der Waals surface area contributed by atoms with Crippen molar-refractivity contribution in [2.24, 2.45) is 0 Å². The van der Waals surface area contributed by atoms with Gasteiger partial charge in [0.05, 0.1) is 6.04 Å². The van der Waals surface area contributed by atoms with E-state index in [4.69, 9.17) is 0 Å². The lowest BCUT2D eigenvalue weighted by Gasteiger charge is -2.29. The van der Waals surface area contributed by atoms with Crippen LogP contribution in [0.15, 0.2) is 28.7 Å². The second kappa shape index (κ2) is 8.53. The monoisotopic (exact) mass is 367 g/mol. The maximum Gasteiger partial charge on any atom is 0.315 e. The Morgan fingerprint density at radius 1 is 1.14 bits per heavy atom. The van der Waals surface area contributed by atoms with Gasteiger partial charge in [-0.15, -0.1) is 0 Å². The number of hydrogen-bond donors (Lipinski definition) is 2. The molecule has 2 N–H and O–H groups in total. The number of urea groups is 1. The van der Waals surface area contributed by atoms with Crippen LogP contribution in [0.1, 0.15) is 44.7 Å². The second-order valence-corrected chi connectivity index (χ2v) is 7.07. The summed E-state index contributed by atoms with van der Waals surface area (Å²) in [4.78, 5) is 14.5. The predicted octanol–water partition coefficient (Wildman–Crippen LogP) is 3.68. The van der Waals surface area contributed by atoms with Gasteiger partial charge < -0.3 is 15.5 Å². The van der Waals surface area contributed by atoms with Gasteiger partial charge in [0.1, 0.15) is 0 Å². The third-order valence-electron chi connectivity index (χ3n) is 4.08. The van der Waals surface area contributed by atoms with Crippen LogP contribution in [0.3, 0.4) is 0 Å². The molecule has 1 aromatic carbocycles. The molecule has 1 aliphatic rings. The highest BCUT2D eigenvalue weighted by Gasteiger charge is 2.16. The fourth-order valence-corrected chi connectivity index (χ4v) is 3.14. The van der Waals surface area contributed by atoms with Crippen LogP contribution in [0.2, 0.25) is 0 Å². The van der Waals surface area contributed by atoms with E-state index in [0.29, 0.717) is 0 Å². The molecule has 122 valence electrons. The van der Waals surface area contributed by atoms with Gasteiger partial charge in [0.2, 0.25) is 0 Å². The van der Waals surface area contributed by atoms with Crippen LogP contribution in [0, 0.1) is 0 Å². The summed E-state index contributed by atoms with van der Waals surface area (Å²) in [7, 11) is 0. The summed E-state index contributed by atoms with van der Waals surface area (Å²) >= 11 is 3.42. The number of piperidine rings is 1. The lowest BCUT2D eigenvalue weighted by molar-refractivity contribution is 0.202. The number of amides is 2. The molecule has 0 aromatic heterocycles. The minimum absolute atomic E-state index is 0.00436. The first-order valence-corrected chi connectivity index (χ1v) is 8.89. The number of nitrogens with one attached hydrogen (secondary N) is 2. The molecule has 2 atom stereocenters. The summed E-state index contributed by atoms with van der Waals surface area (Å²) in [6.07, 6.45) is 3.89. The topological polar surface area (TPSA) is 44.4 Å². The van der Waals surface area contributed by atoms with Crippen LogP contribution in [-0.4, -0.2) is 36.6 Å². The average molecular weight is 368 g/mol. The van der Waals surface area contributed by atoms with Crippen molar-refractivity contribution in [1.29, 1.82) is 0 Å². The number of hydrogen-bond acceptors (Lipinski definition) is 2. The molecular formula is C17H26BrN3O. The smallest absolute Gasteiger partial charge is 0.315 e. The van der Waals surface area contributed by atoms with Crippen molar-refractivity contribution in [3.8, 4) is 0 Å². The Hall–Kier alpha value is -1.07. The number of likely N-dealkylation sites (tertiary alicyclic amines) is 1. The van der Waals surface area contributed by atoms with Crippen molar-refractivity contribution >= 4 is 22.0 Å². The van der Waals surface area contributed by atoms with Crippen LogP contribution < -0.4 is 10.6 Å². The van der Waals surface area contributed by atoms with Crippen molar-refractivity contribution in [3.63, 3.8) is 0 Å². The van der Waals surface area contributed by atoms with Crippen LogP contribution >= 0.6 is 15.9 Å². The van der Waals surface area contributed by atoms with Crippen LogP contribution in [0.5, 0.6) is 0 Å². The van der Waals surface area contributed by atoms with Gasteiger partial charge in [-0.2, -0.15) is 0 Å². The largest absolute Gasteiger partial charge is 0.334 e. The summed E-state index contributed by atoms with van der Waals surface area (Å²) in [5, 5.41) is 6.04. The molecule has 2 amide bonds. The minimum atomic E-state index is -0.0973. The SMILES string of the molecule is CC(CN1CCCCC1)NC(=O)NC(C)c1ccc(Br)cc1. The maximum absolute atomic E-state index is 12.1. The molecular weight excluding hydrogens is 342 g/mol. The lowest BCUT2D eigenvalue weighted by atomic mass is 10.1.